The van der Waals surface area contributed by atoms with Crippen LogP contribution in [0.2, 0.25) is 0 Å². The molecule has 37 heavy (non-hydrogen) atoms. The second-order valence-electron chi connectivity index (χ2n) is 8.67. The van der Waals surface area contributed by atoms with Crippen molar-refractivity contribution in [3.8, 4) is 0 Å². The van der Waals surface area contributed by atoms with Crippen LogP contribution in [0.1, 0.15) is 38.7 Å². The van der Waals surface area contributed by atoms with Gasteiger partial charge in [-0.05, 0) is 41.5 Å². The van der Waals surface area contributed by atoms with Crippen LogP contribution >= 0.6 is 0 Å². The summed E-state index contributed by atoms with van der Waals surface area (Å²) in [6.45, 7) is 1.47. The molecule has 0 aromatic heterocycles. The number of alkyl halides is 6. The lowest BCUT2D eigenvalue weighted by atomic mass is 10.0. The quantitative estimate of drug-likeness (QED) is 0.477. The lowest BCUT2D eigenvalue weighted by Crippen LogP contribution is -2.49. The minimum absolute atomic E-state index is 0.0557. The van der Waals surface area contributed by atoms with Gasteiger partial charge in [-0.15, -0.1) is 0 Å². The number of amides is 1. The van der Waals surface area contributed by atoms with E-state index in [1.165, 1.54) is 12.1 Å². The first-order chi connectivity index (χ1) is 17.2. The number of carbonyl (C=O) groups is 2. The molecule has 1 heterocycles. The van der Waals surface area contributed by atoms with Crippen LogP contribution in [-0.2, 0) is 28.5 Å². The Hall–Kier alpha value is -3.16. The highest BCUT2D eigenvalue weighted by Gasteiger charge is 2.37. The van der Waals surface area contributed by atoms with Crippen molar-refractivity contribution < 1.29 is 45.8 Å². The molecule has 1 fully saturated rings. The zero-order chi connectivity index (χ0) is 27.4. The van der Waals surface area contributed by atoms with Crippen LogP contribution in [0.3, 0.4) is 0 Å². The zero-order valence-corrected chi connectivity index (χ0v) is 19.5. The van der Waals surface area contributed by atoms with Crippen molar-refractivity contribution >= 4 is 11.9 Å². The highest BCUT2D eigenvalue weighted by molar-refractivity contribution is 5.92. The number of nitrogens with zero attached hydrogens (tertiary/aromatic N) is 2. The molecule has 202 valence electrons. The summed E-state index contributed by atoms with van der Waals surface area (Å²) in [5, 5.41) is 8.96. The van der Waals surface area contributed by atoms with Gasteiger partial charge in [-0.25, -0.2) is 0 Å². The SMILES string of the molecule is NC(=O)c1ccc(C(CN2CCN(CC(=O)O)CC2)OCc2cc(C(F)(F)F)cc(C(F)(F)F)c2)cc1. The van der Waals surface area contributed by atoms with E-state index >= 15 is 0 Å². The number of carboxylic acid groups (broad SMARTS) is 1. The molecule has 13 heteroatoms. The van der Waals surface area contributed by atoms with Crippen LogP contribution < -0.4 is 5.73 Å². The lowest BCUT2D eigenvalue weighted by molar-refractivity contribution is -0.143. The van der Waals surface area contributed by atoms with Gasteiger partial charge in [0.05, 0.1) is 30.4 Å². The molecular formula is C24H25F6N3O4. The predicted octanol–water partition coefficient (Wildman–Crippen LogP) is 3.78. The second kappa shape index (κ2) is 11.5. The van der Waals surface area contributed by atoms with Gasteiger partial charge in [-0.3, -0.25) is 19.4 Å². The molecule has 1 aliphatic rings. The van der Waals surface area contributed by atoms with Crippen LogP contribution in [0.4, 0.5) is 26.3 Å². The van der Waals surface area contributed by atoms with Crippen molar-refractivity contribution in [2.45, 2.75) is 25.1 Å². The number of rotatable bonds is 9. The molecular weight excluding hydrogens is 508 g/mol. The van der Waals surface area contributed by atoms with E-state index in [1.807, 2.05) is 4.90 Å². The van der Waals surface area contributed by atoms with Gasteiger partial charge >= 0.3 is 18.3 Å². The number of nitrogens with two attached hydrogens (primary N) is 1. The Bertz CT molecular complexity index is 1060. The molecule has 0 aliphatic carbocycles. The van der Waals surface area contributed by atoms with E-state index in [9.17, 15) is 35.9 Å². The molecule has 1 saturated heterocycles. The highest BCUT2D eigenvalue weighted by Crippen LogP contribution is 2.36. The van der Waals surface area contributed by atoms with Gasteiger partial charge in [0.2, 0.25) is 5.91 Å². The average Bonchev–Trinajstić information content (AvgIpc) is 2.81. The fraction of sp³-hybridized carbons (Fsp3) is 0.417. The zero-order valence-electron chi connectivity index (χ0n) is 19.5. The summed E-state index contributed by atoms with van der Waals surface area (Å²) in [6, 6.07) is 7.30. The molecule has 1 unspecified atom stereocenters. The summed E-state index contributed by atoms with van der Waals surface area (Å²) < 4.78 is 85.2. The van der Waals surface area contributed by atoms with Gasteiger partial charge in [0.15, 0.2) is 0 Å². The first-order valence-corrected chi connectivity index (χ1v) is 11.2. The van der Waals surface area contributed by atoms with Crippen LogP contribution in [-0.4, -0.2) is 66.1 Å². The summed E-state index contributed by atoms with van der Waals surface area (Å²) in [5.74, 6) is -1.62. The lowest BCUT2D eigenvalue weighted by Gasteiger charge is -2.35. The number of hydrogen-bond donors (Lipinski definition) is 2. The Labute approximate surface area is 208 Å². The number of ether oxygens (including phenoxy) is 1. The highest BCUT2D eigenvalue weighted by atomic mass is 19.4. The van der Waals surface area contributed by atoms with Crippen molar-refractivity contribution in [3.63, 3.8) is 0 Å². The van der Waals surface area contributed by atoms with E-state index in [0.29, 0.717) is 43.9 Å². The molecule has 2 aromatic carbocycles. The van der Waals surface area contributed by atoms with E-state index in [1.54, 1.807) is 17.0 Å². The van der Waals surface area contributed by atoms with Gasteiger partial charge in [-0.1, -0.05) is 12.1 Å². The first-order valence-electron chi connectivity index (χ1n) is 11.2. The molecule has 0 radical (unpaired) electrons. The topological polar surface area (TPSA) is 96.1 Å². The minimum atomic E-state index is -4.98. The van der Waals surface area contributed by atoms with Crippen LogP contribution in [0.25, 0.3) is 0 Å². The molecule has 2 aromatic rings. The molecule has 1 aliphatic heterocycles. The van der Waals surface area contributed by atoms with Gasteiger partial charge < -0.3 is 15.6 Å². The Balaban J connectivity index is 1.81. The molecule has 3 N–H and O–H groups in total. The smallest absolute Gasteiger partial charge is 0.416 e. The summed E-state index contributed by atoms with van der Waals surface area (Å²) in [6.07, 6.45) is -10.7. The van der Waals surface area contributed by atoms with Gasteiger partial charge in [-0.2, -0.15) is 26.3 Å². The summed E-state index contributed by atoms with van der Waals surface area (Å²) in [7, 11) is 0. The number of benzene rings is 2. The van der Waals surface area contributed by atoms with E-state index in [2.05, 4.69) is 0 Å². The van der Waals surface area contributed by atoms with Crippen LogP contribution in [0.5, 0.6) is 0 Å². The Morgan fingerprint density at radius 2 is 1.41 bits per heavy atom. The maximum absolute atomic E-state index is 13.2. The van der Waals surface area contributed by atoms with Crippen molar-refractivity contribution in [2.75, 3.05) is 39.3 Å². The Kier molecular flexibility index (Phi) is 8.82. The van der Waals surface area contributed by atoms with Crippen molar-refractivity contribution in [3.05, 3.63) is 70.3 Å². The maximum Gasteiger partial charge on any atom is 0.416 e. The summed E-state index contributed by atoms with van der Waals surface area (Å²) in [4.78, 5) is 26.0. The molecule has 3 rings (SSSR count). The second-order valence-corrected chi connectivity index (χ2v) is 8.67. The summed E-state index contributed by atoms with van der Waals surface area (Å²) >= 11 is 0. The van der Waals surface area contributed by atoms with Crippen LogP contribution in [0, 0.1) is 0 Å². The van der Waals surface area contributed by atoms with E-state index in [-0.39, 0.29) is 30.3 Å². The number of carbonyl (C=O) groups excluding carboxylic acids is 1. The molecule has 1 atom stereocenters. The maximum atomic E-state index is 13.2. The van der Waals surface area contributed by atoms with Crippen molar-refractivity contribution in [1.82, 2.24) is 9.80 Å². The fourth-order valence-corrected chi connectivity index (χ4v) is 3.97. The monoisotopic (exact) mass is 533 g/mol. The largest absolute Gasteiger partial charge is 0.480 e. The van der Waals surface area contributed by atoms with E-state index in [4.69, 9.17) is 15.6 Å². The number of hydrogen-bond acceptors (Lipinski definition) is 5. The average molecular weight is 533 g/mol. The third kappa shape index (κ3) is 8.17. The standard InChI is InChI=1S/C24H25F6N3O4/c25-23(26,27)18-9-15(10-19(11-18)24(28,29)30)14-37-20(16-1-3-17(4-2-16)22(31)36)12-32-5-7-33(8-6-32)13-21(34)35/h1-4,9-11,20H,5-8,12-14H2,(H2,31,36)(H,34,35). The summed E-state index contributed by atoms with van der Waals surface area (Å²) in [5.41, 5.74) is 2.86. The van der Waals surface area contributed by atoms with E-state index < -0.39 is 48.1 Å². The van der Waals surface area contributed by atoms with Gasteiger partial charge in [0.25, 0.3) is 0 Å². The number of piperazine rings is 1. The van der Waals surface area contributed by atoms with Crippen molar-refractivity contribution in [2.24, 2.45) is 5.73 Å². The van der Waals surface area contributed by atoms with Crippen LogP contribution in [0.15, 0.2) is 42.5 Å². The number of aliphatic carboxylic acids is 1. The number of carboxylic acids is 1. The van der Waals surface area contributed by atoms with Gasteiger partial charge in [0.1, 0.15) is 0 Å². The molecule has 1 amide bonds. The van der Waals surface area contributed by atoms with E-state index in [0.717, 1.165) is 0 Å². The normalized spacial score (nSPS) is 16.5. The Morgan fingerprint density at radius 1 is 0.892 bits per heavy atom. The third-order valence-electron chi connectivity index (χ3n) is 5.91. The molecule has 7 nitrogen and oxygen atoms in total. The minimum Gasteiger partial charge on any atom is -0.480 e. The fourth-order valence-electron chi connectivity index (χ4n) is 3.97. The number of halogens is 6. The number of primary amides is 1. The molecule has 0 bridgehead atoms. The molecule has 0 saturated carbocycles. The predicted molar refractivity (Wildman–Crippen MR) is 119 cm³/mol. The van der Waals surface area contributed by atoms with Gasteiger partial charge in [0, 0.05) is 38.3 Å². The third-order valence-corrected chi connectivity index (χ3v) is 5.91. The van der Waals surface area contributed by atoms with Crippen molar-refractivity contribution in [1.29, 1.82) is 0 Å². The molecule has 0 spiro atoms. The first kappa shape index (κ1) is 28.4. The Morgan fingerprint density at radius 3 is 1.86 bits per heavy atom.